The van der Waals surface area contributed by atoms with Crippen molar-refractivity contribution in [2.24, 2.45) is 5.90 Å². The van der Waals surface area contributed by atoms with Gasteiger partial charge in [0.1, 0.15) is 6.73 Å². The molecule has 88 valence electrons. The highest BCUT2D eigenvalue weighted by Gasteiger charge is 2.15. The van der Waals surface area contributed by atoms with Crippen molar-refractivity contribution in [3.63, 3.8) is 0 Å². The Morgan fingerprint density at radius 1 is 1.53 bits per heavy atom. The van der Waals surface area contributed by atoms with E-state index < -0.39 is 0 Å². The molecule has 0 saturated carbocycles. The maximum absolute atomic E-state index is 11.1. The summed E-state index contributed by atoms with van der Waals surface area (Å²) in [5, 5.41) is 3.38. The lowest BCUT2D eigenvalue weighted by molar-refractivity contribution is -0.123. The Labute approximate surface area is 98.4 Å². The van der Waals surface area contributed by atoms with Crippen LogP contribution in [0.4, 0.5) is 0 Å². The lowest BCUT2D eigenvalue weighted by Crippen LogP contribution is -2.27. The molecule has 1 aliphatic rings. The Morgan fingerprint density at radius 3 is 3.07 bits per heavy atom. The molecule has 0 bridgehead atoms. The summed E-state index contributed by atoms with van der Waals surface area (Å²) in [6.45, 7) is 0.105. The number of nitrogens with one attached hydrogen (secondary N) is 1. The highest BCUT2D eigenvalue weighted by molar-refractivity contribution is 8.77. The number of carbonyl (C=O) groups is 1. The molecule has 0 spiro atoms. The first-order valence-corrected chi connectivity index (χ1v) is 7.58. The fourth-order valence-electron chi connectivity index (χ4n) is 1.43. The first kappa shape index (κ1) is 13.2. The van der Waals surface area contributed by atoms with Crippen molar-refractivity contribution in [3.05, 3.63) is 0 Å². The van der Waals surface area contributed by atoms with Crippen LogP contribution in [0.5, 0.6) is 0 Å². The maximum atomic E-state index is 11.1. The Kier molecular flexibility index (Phi) is 7.25. The molecule has 15 heavy (non-hydrogen) atoms. The number of nitrogens with two attached hydrogens (primary N) is 1. The van der Waals surface area contributed by atoms with Gasteiger partial charge in [-0.2, -0.15) is 0 Å². The molecule has 1 atom stereocenters. The van der Waals surface area contributed by atoms with E-state index in [4.69, 9.17) is 5.90 Å². The van der Waals surface area contributed by atoms with E-state index in [0.29, 0.717) is 6.42 Å². The average Bonchev–Trinajstić information content (AvgIpc) is 2.74. The molecule has 6 heteroatoms. The van der Waals surface area contributed by atoms with E-state index in [1.807, 2.05) is 21.6 Å². The van der Waals surface area contributed by atoms with Crippen molar-refractivity contribution in [1.82, 2.24) is 5.32 Å². The Balaban J connectivity index is 1.89. The van der Waals surface area contributed by atoms with Crippen molar-refractivity contribution < 1.29 is 9.63 Å². The summed E-state index contributed by atoms with van der Waals surface area (Å²) >= 11 is 0. The second-order valence-corrected chi connectivity index (χ2v) is 6.27. The smallest absolute Gasteiger partial charge is 0.221 e. The Hall–Kier alpha value is 0.0900. The zero-order chi connectivity index (χ0) is 10.9. The average molecular weight is 250 g/mol. The van der Waals surface area contributed by atoms with Gasteiger partial charge in [-0.05, 0) is 19.3 Å². The molecule has 0 aromatic heterocycles. The van der Waals surface area contributed by atoms with Crippen LogP contribution in [-0.2, 0) is 9.63 Å². The molecular weight excluding hydrogens is 232 g/mol. The summed E-state index contributed by atoms with van der Waals surface area (Å²) in [5.41, 5.74) is 0. The number of hydrogen-bond donors (Lipinski definition) is 2. The van der Waals surface area contributed by atoms with Gasteiger partial charge in [0, 0.05) is 17.4 Å². The van der Waals surface area contributed by atoms with E-state index >= 15 is 0 Å². The summed E-state index contributed by atoms with van der Waals surface area (Å²) in [5.74, 6) is 6.10. The van der Waals surface area contributed by atoms with E-state index in [-0.39, 0.29) is 12.6 Å². The lowest BCUT2D eigenvalue weighted by Gasteiger charge is -2.06. The predicted molar refractivity (Wildman–Crippen MR) is 65.2 cm³/mol. The summed E-state index contributed by atoms with van der Waals surface area (Å²) in [4.78, 5) is 15.4. The zero-order valence-electron chi connectivity index (χ0n) is 8.74. The van der Waals surface area contributed by atoms with Gasteiger partial charge in [0.25, 0.3) is 0 Å². The van der Waals surface area contributed by atoms with E-state index in [0.717, 1.165) is 18.1 Å². The molecule has 1 saturated heterocycles. The van der Waals surface area contributed by atoms with Crippen molar-refractivity contribution in [2.75, 3.05) is 12.5 Å². The van der Waals surface area contributed by atoms with E-state index in [1.54, 1.807) is 0 Å². The summed E-state index contributed by atoms with van der Waals surface area (Å²) in [6, 6.07) is 0. The first-order valence-electron chi connectivity index (χ1n) is 5.19. The summed E-state index contributed by atoms with van der Waals surface area (Å²) in [6.07, 6.45) is 5.22. The minimum atomic E-state index is 0.0221. The fourth-order valence-corrected chi connectivity index (χ4v) is 4.46. The largest absolute Gasteiger partial charge is 0.332 e. The van der Waals surface area contributed by atoms with Gasteiger partial charge >= 0.3 is 0 Å². The van der Waals surface area contributed by atoms with Crippen LogP contribution in [0.15, 0.2) is 0 Å². The number of unbranched alkanes of at least 4 members (excludes halogenated alkanes) is 1. The molecule has 0 aromatic rings. The van der Waals surface area contributed by atoms with Crippen LogP contribution in [0.3, 0.4) is 0 Å². The van der Waals surface area contributed by atoms with Crippen LogP contribution in [0.1, 0.15) is 32.1 Å². The lowest BCUT2D eigenvalue weighted by atomic mass is 10.1. The second-order valence-electron chi connectivity index (χ2n) is 3.49. The van der Waals surface area contributed by atoms with Crippen molar-refractivity contribution in [3.8, 4) is 0 Å². The summed E-state index contributed by atoms with van der Waals surface area (Å²) in [7, 11) is 3.96. The van der Waals surface area contributed by atoms with Gasteiger partial charge in [0.05, 0.1) is 0 Å². The molecule has 1 fully saturated rings. The van der Waals surface area contributed by atoms with Crippen LogP contribution in [-0.4, -0.2) is 23.6 Å². The minimum Gasteiger partial charge on any atom is -0.332 e. The summed E-state index contributed by atoms with van der Waals surface area (Å²) < 4.78 is 0. The molecule has 3 N–H and O–H groups in total. The van der Waals surface area contributed by atoms with E-state index in [1.165, 1.54) is 18.6 Å². The molecule has 1 aliphatic heterocycles. The number of hydrogen-bond acceptors (Lipinski definition) is 5. The van der Waals surface area contributed by atoms with Crippen molar-refractivity contribution in [1.29, 1.82) is 0 Å². The highest BCUT2D eigenvalue weighted by atomic mass is 33.1. The third-order valence-electron chi connectivity index (χ3n) is 2.26. The van der Waals surface area contributed by atoms with Crippen LogP contribution >= 0.6 is 21.6 Å². The fraction of sp³-hybridized carbons (Fsp3) is 0.889. The van der Waals surface area contributed by atoms with E-state index in [9.17, 15) is 4.79 Å². The van der Waals surface area contributed by atoms with Crippen LogP contribution < -0.4 is 11.2 Å². The zero-order valence-corrected chi connectivity index (χ0v) is 10.4. The van der Waals surface area contributed by atoms with Crippen molar-refractivity contribution in [2.45, 2.75) is 37.4 Å². The Bertz CT molecular complexity index is 187. The maximum Gasteiger partial charge on any atom is 0.221 e. The van der Waals surface area contributed by atoms with Gasteiger partial charge < -0.3 is 5.32 Å². The third-order valence-corrected chi connectivity index (χ3v) is 5.27. The van der Waals surface area contributed by atoms with Crippen LogP contribution in [0.25, 0.3) is 0 Å². The van der Waals surface area contributed by atoms with E-state index in [2.05, 4.69) is 10.2 Å². The van der Waals surface area contributed by atoms with Gasteiger partial charge in [-0.3, -0.25) is 9.63 Å². The first-order chi connectivity index (χ1) is 7.33. The van der Waals surface area contributed by atoms with Gasteiger partial charge in [-0.15, -0.1) is 0 Å². The van der Waals surface area contributed by atoms with Crippen LogP contribution in [0, 0.1) is 0 Å². The standard InChI is InChI=1S/C9H18N2O2S2/c10-13-7-11-9(12)4-2-1-3-8-5-6-14-15-8/h8H,1-7,10H2,(H,11,12). The molecular formula is C9H18N2O2S2. The minimum absolute atomic E-state index is 0.0221. The number of rotatable bonds is 7. The molecule has 0 radical (unpaired) electrons. The topological polar surface area (TPSA) is 64.3 Å². The normalized spacial score (nSPS) is 20.5. The molecule has 0 aromatic carbocycles. The Morgan fingerprint density at radius 2 is 2.40 bits per heavy atom. The highest BCUT2D eigenvalue weighted by Crippen LogP contribution is 2.39. The molecule has 1 rings (SSSR count). The quantitative estimate of drug-likeness (QED) is 0.311. The number of amides is 1. The second kappa shape index (κ2) is 8.27. The van der Waals surface area contributed by atoms with Gasteiger partial charge in [-0.1, -0.05) is 28.0 Å². The van der Waals surface area contributed by atoms with Crippen molar-refractivity contribution >= 4 is 27.5 Å². The molecule has 1 heterocycles. The molecule has 0 aliphatic carbocycles. The molecule has 1 amide bonds. The monoisotopic (exact) mass is 250 g/mol. The van der Waals surface area contributed by atoms with Crippen LogP contribution in [0.2, 0.25) is 0 Å². The predicted octanol–water partition coefficient (Wildman–Crippen LogP) is 1.66. The molecule has 1 unspecified atom stereocenters. The molecule has 4 nitrogen and oxygen atoms in total. The number of carbonyl (C=O) groups excluding carboxylic acids is 1. The SMILES string of the molecule is NOCNC(=O)CCCCC1CCSS1. The van der Waals surface area contributed by atoms with Gasteiger partial charge in [0.15, 0.2) is 0 Å². The van der Waals surface area contributed by atoms with Gasteiger partial charge in [0.2, 0.25) is 5.91 Å². The van der Waals surface area contributed by atoms with Gasteiger partial charge in [-0.25, -0.2) is 5.90 Å². The third kappa shape index (κ3) is 6.29.